The zero-order valence-corrected chi connectivity index (χ0v) is 18.7. The van der Waals surface area contributed by atoms with Crippen LogP contribution in [0.25, 0.3) is 22.3 Å². The highest BCUT2D eigenvalue weighted by molar-refractivity contribution is 5.80. The SMILES string of the molecule is CCOc1cc(OC(F)(F)F)ccc1-c1nc2ccccc2nc1CN1CCCN(C)CC1. The molecular weight excluding hydrogens is 433 g/mol. The van der Waals surface area contributed by atoms with E-state index in [1.54, 1.807) is 13.0 Å². The monoisotopic (exact) mass is 460 g/mol. The highest BCUT2D eigenvalue weighted by atomic mass is 19.4. The molecule has 176 valence electrons. The maximum absolute atomic E-state index is 12.7. The zero-order valence-electron chi connectivity index (χ0n) is 18.7. The summed E-state index contributed by atoms with van der Waals surface area (Å²) in [6.45, 7) is 6.51. The minimum atomic E-state index is -4.78. The van der Waals surface area contributed by atoms with E-state index in [0.717, 1.165) is 43.8 Å². The number of rotatable bonds is 6. The van der Waals surface area contributed by atoms with Gasteiger partial charge in [-0.25, -0.2) is 9.97 Å². The second-order valence-corrected chi connectivity index (χ2v) is 8.08. The van der Waals surface area contributed by atoms with E-state index >= 15 is 0 Å². The molecule has 1 aromatic heterocycles. The Morgan fingerprint density at radius 3 is 2.45 bits per heavy atom. The second-order valence-electron chi connectivity index (χ2n) is 8.08. The van der Waals surface area contributed by atoms with Crippen molar-refractivity contribution in [1.82, 2.24) is 19.8 Å². The average molecular weight is 461 g/mol. The molecule has 1 aliphatic rings. The lowest BCUT2D eigenvalue weighted by molar-refractivity contribution is -0.274. The van der Waals surface area contributed by atoms with Gasteiger partial charge in [0.25, 0.3) is 0 Å². The number of benzene rings is 2. The van der Waals surface area contributed by atoms with Gasteiger partial charge in [-0.05, 0) is 57.7 Å². The molecule has 0 spiro atoms. The number of ether oxygens (including phenoxy) is 2. The van der Waals surface area contributed by atoms with Gasteiger partial charge in [0.2, 0.25) is 0 Å². The maximum atomic E-state index is 12.7. The number of hydrogen-bond donors (Lipinski definition) is 0. The molecule has 9 heteroatoms. The number of likely N-dealkylation sites (N-methyl/N-ethyl adjacent to an activating group) is 1. The molecule has 6 nitrogen and oxygen atoms in total. The molecule has 3 aromatic rings. The number of alkyl halides is 3. The third-order valence-electron chi connectivity index (χ3n) is 5.57. The van der Waals surface area contributed by atoms with Crippen LogP contribution in [0.3, 0.4) is 0 Å². The summed E-state index contributed by atoms with van der Waals surface area (Å²) >= 11 is 0. The fourth-order valence-corrected chi connectivity index (χ4v) is 4.00. The average Bonchev–Trinajstić information content (AvgIpc) is 2.97. The largest absolute Gasteiger partial charge is 0.573 e. The number of para-hydroxylation sites is 2. The molecule has 1 saturated heterocycles. The van der Waals surface area contributed by atoms with Crippen molar-refractivity contribution in [2.45, 2.75) is 26.3 Å². The Morgan fingerprint density at radius 1 is 0.970 bits per heavy atom. The first-order valence-corrected chi connectivity index (χ1v) is 11.0. The van der Waals surface area contributed by atoms with Crippen molar-refractivity contribution in [3.63, 3.8) is 0 Å². The van der Waals surface area contributed by atoms with E-state index in [2.05, 4.69) is 21.6 Å². The van der Waals surface area contributed by atoms with Gasteiger partial charge in [0.15, 0.2) is 0 Å². The lowest BCUT2D eigenvalue weighted by Crippen LogP contribution is -2.29. The van der Waals surface area contributed by atoms with Gasteiger partial charge in [-0.3, -0.25) is 4.90 Å². The second kappa shape index (κ2) is 9.93. The van der Waals surface area contributed by atoms with E-state index in [0.29, 0.717) is 23.3 Å². The fraction of sp³-hybridized carbons (Fsp3) is 0.417. The normalized spacial score (nSPS) is 16.0. The lowest BCUT2D eigenvalue weighted by atomic mass is 10.1. The third kappa shape index (κ3) is 5.91. The van der Waals surface area contributed by atoms with Crippen molar-refractivity contribution in [3.05, 3.63) is 48.2 Å². The number of aromatic nitrogens is 2. The zero-order chi connectivity index (χ0) is 23.4. The Balaban J connectivity index is 1.77. The number of nitrogens with zero attached hydrogens (tertiary/aromatic N) is 4. The number of hydrogen-bond acceptors (Lipinski definition) is 6. The molecule has 2 heterocycles. The highest BCUT2D eigenvalue weighted by Crippen LogP contribution is 2.36. The molecule has 33 heavy (non-hydrogen) atoms. The third-order valence-corrected chi connectivity index (χ3v) is 5.57. The summed E-state index contributed by atoms with van der Waals surface area (Å²) in [6.07, 6.45) is -3.72. The van der Waals surface area contributed by atoms with Crippen LogP contribution in [0.1, 0.15) is 19.0 Å². The van der Waals surface area contributed by atoms with Crippen LogP contribution >= 0.6 is 0 Å². The minimum Gasteiger partial charge on any atom is -0.493 e. The molecule has 0 radical (unpaired) electrons. The summed E-state index contributed by atoms with van der Waals surface area (Å²) in [5.74, 6) is -0.0544. The van der Waals surface area contributed by atoms with E-state index in [4.69, 9.17) is 14.7 Å². The fourth-order valence-electron chi connectivity index (χ4n) is 4.00. The molecular formula is C24H27F3N4O2. The molecule has 1 aliphatic heterocycles. The number of halogens is 3. The van der Waals surface area contributed by atoms with Gasteiger partial charge >= 0.3 is 6.36 Å². The Labute approximate surface area is 190 Å². The smallest absolute Gasteiger partial charge is 0.493 e. The van der Waals surface area contributed by atoms with Crippen molar-refractivity contribution < 1.29 is 22.6 Å². The molecule has 2 aromatic carbocycles. The first-order chi connectivity index (χ1) is 15.8. The molecule has 0 N–H and O–H groups in total. The van der Waals surface area contributed by atoms with Crippen molar-refractivity contribution in [2.24, 2.45) is 0 Å². The van der Waals surface area contributed by atoms with Gasteiger partial charge in [0, 0.05) is 31.3 Å². The first kappa shape index (κ1) is 23.3. The van der Waals surface area contributed by atoms with Gasteiger partial charge in [0.05, 0.1) is 29.0 Å². The van der Waals surface area contributed by atoms with E-state index in [1.807, 2.05) is 24.3 Å². The van der Waals surface area contributed by atoms with Gasteiger partial charge < -0.3 is 14.4 Å². The Hall–Kier alpha value is -2.91. The Morgan fingerprint density at radius 2 is 1.73 bits per heavy atom. The van der Waals surface area contributed by atoms with Crippen molar-refractivity contribution in [2.75, 3.05) is 39.8 Å². The van der Waals surface area contributed by atoms with E-state index in [9.17, 15) is 13.2 Å². The van der Waals surface area contributed by atoms with E-state index in [-0.39, 0.29) is 18.1 Å². The predicted molar refractivity (Wildman–Crippen MR) is 120 cm³/mol. The summed E-state index contributed by atoms with van der Waals surface area (Å²) < 4.78 is 48.0. The summed E-state index contributed by atoms with van der Waals surface area (Å²) in [4.78, 5) is 14.4. The van der Waals surface area contributed by atoms with Crippen LogP contribution in [-0.4, -0.2) is 66.0 Å². The standard InChI is InChI=1S/C24H27F3N4O2/c1-3-32-22-15-17(33-24(25,26)27)9-10-18(22)23-21(16-31-12-6-11-30(2)13-14-31)28-19-7-4-5-8-20(19)29-23/h4-5,7-10,15H,3,6,11-14,16H2,1-2H3. The van der Waals surface area contributed by atoms with Crippen molar-refractivity contribution in [3.8, 4) is 22.8 Å². The van der Waals surface area contributed by atoms with E-state index in [1.165, 1.54) is 12.1 Å². The van der Waals surface area contributed by atoms with Gasteiger partial charge in [0.1, 0.15) is 11.5 Å². The van der Waals surface area contributed by atoms with Crippen LogP contribution in [0, 0.1) is 0 Å². The first-order valence-electron chi connectivity index (χ1n) is 11.0. The van der Waals surface area contributed by atoms with E-state index < -0.39 is 6.36 Å². The van der Waals surface area contributed by atoms with Gasteiger partial charge in [-0.15, -0.1) is 13.2 Å². The molecule has 0 bridgehead atoms. The van der Waals surface area contributed by atoms with Gasteiger partial charge in [-0.2, -0.15) is 0 Å². The summed E-state index contributed by atoms with van der Waals surface area (Å²) in [5, 5.41) is 0. The summed E-state index contributed by atoms with van der Waals surface area (Å²) in [6, 6.07) is 11.7. The van der Waals surface area contributed by atoms with Crippen LogP contribution in [0.15, 0.2) is 42.5 Å². The van der Waals surface area contributed by atoms with Crippen LogP contribution in [0.2, 0.25) is 0 Å². The Bertz CT molecular complexity index is 1110. The van der Waals surface area contributed by atoms with Crippen LogP contribution in [0.5, 0.6) is 11.5 Å². The van der Waals surface area contributed by atoms with Crippen molar-refractivity contribution in [1.29, 1.82) is 0 Å². The van der Waals surface area contributed by atoms with Crippen LogP contribution in [-0.2, 0) is 6.54 Å². The number of fused-ring (bicyclic) bond motifs is 1. The molecule has 0 unspecified atom stereocenters. The Kier molecular flexibility index (Phi) is 6.99. The van der Waals surface area contributed by atoms with Crippen molar-refractivity contribution >= 4 is 11.0 Å². The van der Waals surface area contributed by atoms with Gasteiger partial charge in [-0.1, -0.05) is 12.1 Å². The molecule has 0 saturated carbocycles. The lowest BCUT2D eigenvalue weighted by Gasteiger charge is -2.22. The molecule has 0 atom stereocenters. The predicted octanol–water partition coefficient (Wildman–Crippen LogP) is 4.73. The topological polar surface area (TPSA) is 50.7 Å². The highest BCUT2D eigenvalue weighted by Gasteiger charge is 2.31. The minimum absolute atomic E-state index is 0.278. The molecule has 0 aliphatic carbocycles. The summed E-state index contributed by atoms with van der Waals surface area (Å²) in [7, 11) is 2.11. The molecule has 0 amide bonds. The summed E-state index contributed by atoms with van der Waals surface area (Å²) in [5.41, 5.74) is 3.45. The quantitative estimate of drug-likeness (QED) is 0.530. The van der Waals surface area contributed by atoms with Crippen LogP contribution < -0.4 is 9.47 Å². The molecule has 1 fully saturated rings. The van der Waals surface area contributed by atoms with Crippen LogP contribution in [0.4, 0.5) is 13.2 Å². The molecule has 4 rings (SSSR count). The maximum Gasteiger partial charge on any atom is 0.573 e.